The summed E-state index contributed by atoms with van der Waals surface area (Å²) < 4.78 is 2.85. The van der Waals surface area contributed by atoms with Gasteiger partial charge in [-0.15, -0.1) is 0 Å². The second kappa shape index (κ2) is 6.80. The van der Waals surface area contributed by atoms with E-state index in [9.17, 15) is 0 Å². The van der Waals surface area contributed by atoms with Crippen molar-refractivity contribution < 1.29 is 0 Å². The molecule has 0 heterocycles. The Morgan fingerprint density at radius 2 is 1.19 bits per heavy atom. The van der Waals surface area contributed by atoms with E-state index in [0.717, 1.165) is 16.6 Å². The molecule has 0 saturated heterocycles. The van der Waals surface area contributed by atoms with Gasteiger partial charge in [0, 0.05) is 0 Å². The standard InChI is InChI=1S/C14H33NSi/c1-9-11-15(10-2)16(12(3)4,13(5)6)14(7)8/h12-14H,9-11H2,1-8H3. The van der Waals surface area contributed by atoms with E-state index in [1.54, 1.807) is 0 Å². The molecule has 0 aliphatic carbocycles. The monoisotopic (exact) mass is 243 g/mol. The summed E-state index contributed by atoms with van der Waals surface area (Å²) in [6.07, 6.45) is 1.29. The van der Waals surface area contributed by atoms with Gasteiger partial charge in [0.2, 0.25) is 0 Å². The van der Waals surface area contributed by atoms with E-state index in [-0.39, 0.29) is 0 Å². The maximum atomic E-state index is 2.85. The molecular formula is C14H33NSi. The first-order valence-corrected chi connectivity index (χ1v) is 9.28. The highest BCUT2D eigenvalue weighted by Gasteiger charge is 2.46. The van der Waals surface area contributed by atoms with Crippen LogP contribution in [-0.2, 0) is 0 Å². The predicted octanol–water partition coefficient (Wildman–Crippen LogP) is 4.89. The van der Waals surface area contributed by atoms with Crippen LogP contribution in [0.15, 0.2) is 0 Å². The Labute approximate surface area is 105 Å². The molecule has 0 aliphatic rings. The van der Waals surface area contributed by atoms with Gasteiger partial charge in [-0.3, -0.25) is 0 Å². The summed E-state index contributed by atoms with van der Waals surface area (Å²) in [7, 11) is -1.34. The minimum atomic E-state index is -1.34. The number of hydrogen-bond acceptors (Lipinski definition) is 1. The molecule has 0 aliphatic heterocycles. The normalized spacial score (nSPS) is 13.5. The van der Waals surface area contributed by atoms with Crippen LogP contribution in [0.5, 0.6) is 0 Å². The lowest BCUT2D eigenvalue weighted by molar-refractivity contribution is 0.406. The summed E-state index contributed by atoms with van der Waals surface area (Å²) in [6.45, 7) is 21.9. The Balaban J connectivity index is 5.30. The SMILES string of the molecule is CCCN(CC)[Si](C(C)C)(C(C)C)C(C)C. The molecule has 0 rings (SSSR count). The quantitative estimate of drug-likeness (QED) is 0.575. The molecule has 0 spiro atoms. The van der Waals surface area contributed by atoms with Crippen molar-refractivity contribution in [2.45, 2.75) is 78.4 Å². The van der Waals surface area contributed by atoms with Crippen molar-refractivity contribution in [3.63, 3.8) is 0 Å². The highest BCUT2D eigenvalue weighted by molar-refractivity contribution is 6.80. The first-order chi connectivity index (χ1) is 7.35. The van der Waals surface area contributed by atoms with E-state index in [1.165, 1.54) is 19.5 Å². The summed E-state index contributed by atoms with van der Waals surface area (Å²) in [4.78, 5) is 0. The van der Waals surface area contributed by atoms with Crippen LogP contribution in [0.1, 0.15) is 61.8 Å². The Morgan fingerprint density at radius 1 is 0.812 bits per heavy atom. The molecule has 0 atom stereocenters. The highest BCUT2D eigenvalue weighted by atomic mass is 28.3. The van der Waals surface area contributed by atoms with Gasteiger partial charge in [-0.2, -0.15) is 0 Å². The minimum absolute atomic E-state index is 0.846. The van der Waals surface area contributed by atoms with Gasteiger partial charge in [0.25, 0.3) is 0 Å². The molecule has 0 bridgehead atoms. The first-order valence-electron chi connectivity index (χ1n) is 7.10. The fraction of sp³-hybridized carbons (Fsp3) is 1.00. The number of nitrogens with zero attached hydrogens (tertiary/aromatic N) is 1. The van der Waals surface area contributed by atoms with Gasteiger partial charge in [0.15, 0.2) is 0 Å². The second-order valence-electron chi connectivity index (χ2n) is 5.93. The van der Waals surface area contributed by atoms with E-state index in [1.807, 2.05) is 0 Å². The summed E-state index contributed by atoms with van der Waals surface area (Å²) in [5, 5.41) is 0. The van der Waals surface area contributed by atoms with Gasteiger partial charge in [0.05, 0.1) is 0 Å². The molecule has 0 aromatic heterocycles. The van der Waals surface area contributed by atoms with Crippen molar-refractivity contribution in [3.8, 4) is 0 Å². The molecule has 0 N–H and O–H groups in total. The summed E-state index contributed by atoms with van der Waals surface area (Å²) in [5.41, 5.74) is 2.54. The average Bonchev–Trinajstić information content (AvgIpc) is 2.15. The van der Waals surface area contributed by atoms with Gasteiger partial charge in [-0.05, 0) is 36.1 Å². The fourth-order valence-electron chi connectivity index (χ4n) is 3.99. The highest BCUT2D eigenvalue weighted by Crippen LogP contribution is 2.43. The lowest BCUT2D eigenvalue weighted by Crippen LogP contribution is -2.60. The molecule has 2 heteroatoms. The van der Waals surface area contributed by atoms with Gasteiger partial charge >= 0.3 is 0 Å². The maximum absolute atomic E-state index is 2.85. The Kier molecular flexibility index (Phi) is 6.88. The van der Waals surface area contributed by atoms with Crippen molar-refractivity contribution in [1.29, 1.82) is 0 Å². The van der Waals surface area contributed by atoms with Crippen molar-refractivity contribution in [3.05, 3.63) is 0 Å². The summed E-state index contributed by atoms with van der Waals surface area (Å²) >= 11 is 0. The minimum Gasteiger partial charge on any atom is -0.323 e. The Hall–Kier alpha value is 0.177. The zero-order valence-electron chi connectivity index (χ0n) is 12.8. The molecule has 0 fully saturated rings. The van der Waals surface area contributed by atoms with E-state index in [4.69, 9.17) is 0 Å². The predicted molar refractivity (Wildman–Crippen MR) is 78.6 cm³/mol. The molecule has 0 aromatic rings. The van der Waals surface area contributed by atoms with Crippen LogP contribution in [0.2, 0.25) is 16.6 Å². The number of rotatable bonds is 7. The molecule has 0 saturated carbocycles. The van der Waals surface area contributed by atoms with Gasteiger partial charge in [-0.25, -0.2) is 0 Å². The smallest absolute Gasteiger partial charge is 0.136 e. The van der Waals surface area contributed by atoms with E-state index in [2.05, 4.69) is 60.0 Å². The van der Waals surface area contributed by atoms with E-state index < -0.39 is 8.24 Å². The van der Waals surface area contributed by atoms with Crippen molar-refractivity contribution in [1.82, 2.24) is 4.57 Å². The molecule has 0 amide bonds. The van der Waals surface area contributed by atoms with Gasteiger partial charge in [0.1, 0.15) is 8.24 Å². The van der Waals surface area contributed by atoms with Crippen LogP contribution < -0.4 is 0 Å². The molecule has 0 unspecified atom stereocenters. The van der Waals surface area contributed by atoms with Crippen LogP contribution >= 0.6 is 0 Å². The van der Waals surface area contributed by atoms with Crippen molar-refractivity contribution in [2.24, 2.45) is 0 Å². The molecule has 16 heavy (non-hydrogen) atoms. The van der Waals surface area contributed by atoms with E-state index >= 15 is 0 Å². The average molecular weight is 244 g/mol. The molecule has 0 radical (unpaired) electrons. The maximum Gasteiger partial charge on any atom is 0.136 e. The molecular weight excluding hydrogens is 210 g/mol. The lowest BCUT2D eigenvalue weighted by Gasteiger charge is -2.51. The van der Waals surface area contributed by atoms with Crippen molar-refractivity contribution >= 4 is 8.24 Å². The van der Waals surface area contributed by atoms with Crippen LogP contribution in [0.4, 0.5) is 0 Å². The lowest BCUT2D eigenvalue weighted by atomic mass is 10.5. The van der Waals surface area contributed by atoms with Crippen molar-refractivity contribution in [2.75, 3.05) is 13.1 Å². The zero-order valence-corrected chi connectivity index (χ0v) is 13.8. The summed E-state index contributed by atoms with van der Waals surface area (Å²) in [6, 6.07) is 0. The van der Waals surface area contributed by atoms with Crippen LogP contribution in [0.3, 0.4) is 0 Å². The zero-order chi connectivity index (χ0) is 12.9. The van der Waals surface area contributed by atoms with Crippen LogP contribution in [-0.4, -0.2) is 25.9 Å². The van der Waals surface area contributed by atoms with E-state index in [0.29, 0.717) is 0 Å². The molecule has 1 nitrogen and oxygen atoms in total. The van der Waals surface area contributed by atoms with Crippen LogP contribution in [0, 0.1) is 0 Å². The third-order valence-electron chi connectivity index (χ3n) is 4.20. The number of hydrogen-bond donors (Lipinski definition) is 0. The van der Waals surface area contributed by atoms with Gasteiger partial charge < -0.3 is 4.57 Å². The van der Waals surface area contributed by atoms with Gasteiger partial charge in [-0.1, -0.05) is 55.4 Å². The molecule has 0 aromatic carbocycles. The topological polar surface area (TPSA) is 3.24 Å². The second-order valence-corrected chi connectivity index (χ2v) is 11.8. The Bertz CT molecular complexity index is 165. The summed E-state index contributed by atoms with van der Waals surface area (Å²) in [5.74, 6) is 0. The van der Waals surface area contributed by atoms with Crippen LogP contribution in [0.25, 0.3) is 0 Å². The third-order valence-corrected chi connectivity index (χ3v) is 11.4. The fourth-order valence-corrected chi connectivity index (χ4v) is 11.3. The first kappa shape index (κ1) is 16.2. The molecule has 98 valence electrons. The third kappa shape index (κ3) is 2.89. The Morgan fingerprint density at radius 3 is 1.38 bits per heavy atom. The largest absolute Gasteiger partial charge is 0.323 e.